The summed E-state index contributed by atoms with van der Waals surface area (Å²) >= 11 is 0. The lowest BCUT2D eigenvalue weighted by molar-refractivity contribution is 1.18. The van der Waals surface area contributed by atoms with E-state index in [9.17, 15) is 0 Å². The molecule has 0 bridgehead atoms. The minimum absolute atomic E-state index is 1.10. The molecule has 0 saturated heterocycles. The Balaban J connectivity index is 1.02. The van der Waals surface area contributed by atoms with Crippen LogP contribution < -0.4 is 4.90 Å². The molecule has 10 rings (SSSR count). The van der Waals surface area contributed by atoms with Gasteiger partial charge >= 0.3 is 0 Å². The Morgan fingerprint density at radius 3 is 1.21 bits per heavy atom. The molecule has 9 aromatic carbocycles. The van der Waals surface area contributed by atoms with Gasteiger partial charge in [-0.2, -0.15) is 0 Å². The molecule has 0 aliphatic rings. The zero-order chi connectivity index (χ0) is 39.0. The first kappa shape index (κ1) is 35.0. The summed E-state index contributed by atoms with van der Waals surface area (Å²) in [6.07, 6.45) is 0. The molecule has 0 amide bonds. The summed E-state index contributed by atoms with van der Waals surface area (Å²) in [6, 6.07) is 79.3. The SMILES string of the molecule is Cc1ccc2c(c1)c1cc(C)ccc1n2-c1ccc(-c2cccc(N(c3ccc(-c4ccccc4)cc3)c3ccc(-c4cccc(-c5ccccc5)c4)cc3)c2)cc1. The summed E-state index contributed by atoms with van der Waals surface area (Å²) in [5.74, 6) is 0. The first-order chi connectivity index (χ1) is 28.6. The van der Waals surface area contributed by atoms with Crippen LogP contribution in [-0.4, -0.2) is 4.57 Å². The van der Waals surface area contributed by atoms with Crippen molar-refractivity contribution in [2.24, 2.45) is 0 Å². The molecule has 0 atom stereocenters. The molecule has 276 valence electrons. The van der Waals surface area contributed by atoms with Gasteiger partial charge in [0.25, 0.3) is 0 Å². The summed E-state index contributed by atoms with van der Waals surface area (Å²) in [6.45, 7) is 4.34. The zero-order valence-electron chi connectivity index (χ0n) is 32.7. The highest BCUT2D eigenvalue weighted by atomic mass is 15.1. The van der Waals surface area contributed by atoms with Crippen molar-refractivity contribution >= 4 is 38.9 Å². The molecule has 0 aliphatic carbocycles. The van der Waals surface area contributed by atoms with Crippen molar-refractivity contribution in [3.8, 4) is 50.2 Å². The summed E-state index contributed by atoms with van der Waals surface area (Å²) in [4.78, 5) is 2.36. The third-order valence-electron chi connectivity index (χ3n) is 11.3. The van der Waals surface area contributed by atoms with Gasteiger partial charge in [-0.05, 0) is 137 Å². The fourth-order valence-corrected chi connectivity index (χ4v) is 8.35. The number of anilines is 3. The maximum Gasteiger partial charge on any atom is 0.0541 e. The smallest absolute Gasteiger partial charge is 0.0541 e. The minimum atomic E-state index is 1.10. The van der Waals surface area contributed by atoms with E-state index < -0.39 is 0 Å². The number of hydrogen-bond acceptors (Lipinski definition) is 1. The van der Waals surface area contributed by atoms with Crippen LogP contribution in [0.15, 0.2) is 218 Å². The van der Waals surface area contributed by atoms with E-state index in [2.05, 4.69) is 242 Å². The van der Waals surface area contributed by atoms with E-state index in [1.54, 1.807) is 0 Å². The van der Waals surface area contributed by atoms with E-state index in [1.165, 1.54) is 71.9 Å². The summed E-state index contributed by atoms with van der Waals surface area (Å²) in [5.41, 5.74) is 19.0. The van der Waals surface area contributed by atoms with Crippen LogP contribution in [0.2, 0.25) is 0 Å². The lowest BCUT2D eigenvalue weighted by Crippen LogP contribution is -2.10. The summed E-state index contributed by atoms with van der Waals surface area (Å²) in [7, 11) is 0. The Labute approximate surface area is 340 Å². The van der Waals surface area contributed by atoms with Gasteiger partial charge in [-0.3, -0.25) is 0 Å². The zero-order valence-corrected chi connectivity index (χ0v) is 32.7. The van der Waals surface area contributed by atoms with Gasteiger partial charge in [0.05, 0.1) is 11.0 Å². The lowest BCUT2D eigenvalue weighted by atomic mass is 9.98. The standard InChI is InChI=1S/C56H42N2/c1-39-19-33-55-53(35-39)54-36-40(2)20-34-56(54)58(55)51-31-25-45(26-32-51)48-17-10-18-52(38-48)57(49-27-21-43(22-28-49)41-11-5-3-6-12-41)50-29-23-44(24-30-50)47-16-9-15-46(37-47)42-13-7-4-8-14-42/h3-38H,1-2H3. The topological polar surface area (TPSA) is 8.17 Å². The second kappa shape index (κ2) is 14.9. The van der Waals surface area contributed by atoms with Crippen LogP contribution in [0, 0.1) is 13.8 Å². The van der Waals surface area contributed by atoms with E-state index in [4.69, 9.17) is 0 Å². The Kier molecular flexibility index (Phi) is 9.01. The molecule has 1 aromatic heterocycles. The van der Waals surface area contributed by atoms with Gasteiger partial charge in [-0.15, -0.1) is 0 Å². The van der Waals surface area contributed by atoms with E-state index in [1.807, 2.05) is 0 Å². The third-order valence-corrected chi connectivity index (χ3v) is 11.3. The summed E-state index contributed by atoms with van der Waals surface area (Å²) < 4.78 is 2.40. The van der Waals surface area contributed by atoms with Crippen molar-refractivity contribution in [1.82, 2.24) is 4.57 Å². The maximum absolute atomic E-state index is 2.40. The minimum Gasteiger partial charge on any atom is -0.310 e. The quantitative estimate of drug-likeness (QED) is 0.150. The Bertz CT molecular complexity index is 2970. The van der Waals surface area contributed by atoms with E-state index in [0.717, 1.165) is 28.3 Å². The number of aromatic nitrogens is 1. The number of nitrogens with zero attached hydrogens (tertiary/aromatic N) is 2. The highest BCUT2D eigenvalue weighted by Crippen LogP contribution is 2.39. The Hall–Kier alpha value is -7.42. The Morgan fingerprint density at radius 1 is 0.293 bits per heavy atom. The number of rotatable bonds is 8. The van der Waals surface area contributed by atoms with Crippen molar-refractivity contribution in [3.05, 3.63) is 230 Å². The van der Waals surface area contributed by atoms with E-state index >= 15 is 0 Å². The van der Waals surface area contributed by atoms with Crippen LogP contribution in [0.3, 0.4) is 0 Å². The lowest BCUT2D eigenvalue weighted by Gasteiger charge is -2.26. The van der Waals surface area contributed by atoms with E-state index in [0.29, 0.717) is 0 Å². The van der Waals surface area contributed by atoms with Gasteiger partial charge in [-0.1, -0.05) is 151 Å². The van der Waals surface area contributed by atoms with Crippen LogP contribution in [-0.2, 0) is 0 Å². The van der Waals surface area contributed by atoms with Gasteiger partial charge in [0.15, 0.2) is 0 Å². The second-order valence-corrected chi connectivity index (χ2v) is 15.2. The summed E-state index contributed by atoms with van der Waals surface area (Å²) in [5, 5.41) is 2.59. The number of aryl methyl sites for hydroxylation is 2. The van der Waals surface area contributed by atoms with Gasteiger partial charge < -0.3 is 9.47 Å². The molecular weight excluding hydrogens is 701 g/mol. The molecule has 2 heteroatoms. The van der Waals surface area contributed by atoms with Crippen LogP contribution >= 0.6 is 0 Å². The molecule has 0 fully saturated rings. The number of benzene rings is 9. The van der Waals surface area contributed by atoms with Gasteiger partial charge in [0.1, 0.15) is 0 Å². The van der Waals surface area contributed by atoms with Gasteiger partial charge in [-0.25, -0.2) is 0 Å². The Morgan fingerprint density at radius 2 is 0.690 bits per heavy atom. The molecule has 2 nitrogen and oxygen atoms in total. The molecule has 0 unspecified atom stereocenters. The van der Waals surface area contributed by atoms with Gasteiger partial charge in [0.2, 0.25) is 0 Å². The van der Waals surface area contributed by atoms with Crippen LogP contribution in [0.25, 0.3) is 72.0 Å². The van der Waals surface area contributed by atoms with Crippen molar-refractivity contribution in [2.75, 3.05) is 4.90 Å². The monoisotopic (exact) mass is 742 g/mol. The average Bonchev–Trinajstić information content (AvgIpc) is 3.60. The molecule has 1 heterocycles. The largest absolute Gasteiger partial charge is 0.310 e. The molecule has 0 radical (unpaired) electrons. The molecule has 0 N–H and O–H groups in total. The van der Waals surface area contributed by atoms with Crippen molar-refractivity contribution in [2.45, 2.75) is 13.8 Å². The highest BCUT2D eigenvalue weighted by molar-refractivity contribution is 6.09. The van der Waals surface area contributed by atoms with Crippen LogP contribution in [0.1, 0.15) is 11.1 Å². The second-order valence-electron chi connectivity index (χ2n) is 15.2. The molecule has 10 aromatic rings. The van der Waals surface area contributed by atoms with Gasteiger partial charge in [0, 0.05) is 33.5 Å². The molecule has 0 saturated carbocycles. The number of hydrogen-bond donors (Lipinski definition) is 0. The first-order valence-corrected chi connectivity index (χ1v) is 20.0. The fourth-order valence-electron chi connectivity index (χ4n) is 8.35. The van der Waals surface area contributed by atoms with Crippen LogP contribution in [0.5, 0.6) is 0 Å². The van der Waals surface area contributed by atoms with Crippen molar-refractivity contribution in [3.63, 3.8) is 0 Å². The van der Waals surface area contributed by atoms with Crippen molar-refractivity contribution < 1.29 is 0 Å². The molecular formula is C56H42N2. The maximum atomic E-state index is 2.40. The predicted octanol–water partition coefficient (Wildman–Crippen LogP) is 15.5. The highest BCUT2D eigenvalue weighted by Gasteiger charge is 2.16. The normalized spacial score (nSPS) is 11.3. The molecule has 0 spiro atoms. The average molecular weight is 743 g/mol. The first-order valence-electron chi connectivity index (χ1n) is 20.0. The fraction of sp³-hybridized carbons (Fsp3) is 0.0357. The molecule has 58 heavy (non-hydrogen) atoms. The number of fused-ring (bicyclic) bond motifs is 3. The van der Waals surface area contributed by atoms with Crippen LogP contribution in [0.4, 0.5) is 17.1 Å². The third kappa shape index (κ3) is 6.65. The van der Waals surface area contributed by atoms with E-state index in [-0.39, 0.29) is 0 Å². The van der Waals surface area contributed by atoms with Crippen molar-refractivity contribution in [1.29, 1.82) is 0 Å². The predicted molar refractivity (Wildman–Crippen MR) is 247 cm³/mol. The molecule has 0 aliphatic heterocycles.